The van der Waals surface area contributed by atoms with Crippen LogP contribution in [0.3, 0.4) is 0 Å². The van der Waals surface area contributed by atoms with E-state index in [1.54, 1.807) is 29.5 Å². The smallest absolute Gasteiger partial charge is 0.270 e. The lowest BCUT2D eigenvalue weighted by atomic mass is 10.1. The molecule has 2 heterocycles. The fourth-order valence-corrected chi connectivity index (χ4v) is 2.18. The van der Waals surface area contributed by atoms with Gasteiger partial charge in [0.15, 0.2) is 0 Å². The van der Waals surface area contributed by atoms with Crippen LogP contribution in [0.4, 0.5) is 10.1 Å². The molecule has 0 fully saturated rings. The van der Waals surface area contributed by atoms with E-state index < -0.39 is 4.92 Å². The molecule has 0 saturated carbocycles. The van der Waals surface area contributed by atoms with Crippen molar-refractivity contribution in [1.29, 1.82) is 0 Å². The molecule has 2 aromatic heterocycles. The molecule has 0 amide bonds. The van der Waals surface area contributed by atoms with E-state index >= 15 is 0 Å². The first-order valence-electron chi connectivity index (χ1n) is 5.95. The quantitative estimate of drug-likeness (QED) is 0.530. The second-order valence-corrected chi connectivity index (χ2v) is 4.43. The van der Waals surface area contributed by atoms with Crippen LogP contribution in [0.5, 0.6) is 0 Å². The van der Waals surface area contributed by atoms with Crippen LogP contribution in [-0.4, -0.2) is 14.3 Å². The molecule has 0 unspecified atom stereocenters. The van der Waals surface area contributed by atoms with E-state index in [1.165, 1.54) is 24.4 Å². The zero-order valence-electron chi connectivity index (χ0n) is 10.6. The van der Waals surface area contributed by atoms with E-state index in [0.717, 1.165) is 5.69 Å². The monoisotopic (exact) mass is 271 g/mol. The van der Waals surface area contributed by atoms with Crippen molar-refractivity contribution >= 4 is 11.3 Å². The second kappa shape index (κ2) is 4.41. The molecular formula is C14H10FN3O2. The van der Waals surface area contributed by atoms with Crippen LogP contribution in [-0.2, 0) is 0 Å². The number of nitro benzene ring substituents is 1. The van der Waals surface area contributed by atoms with Gasteiger partial charge in [0.05, 0.1) is 10.6 Å². The van der Waals surface area contributed by atoms with Crippen molar-refractivity contribution in [1.82, 2.24) is 9.38 Å². The Bertz CT molecular complexity index is 826. The molecule has 6 heteroatoms. The normalized spacial score (nSPS) is 10.9. The Hall–Kier alpha value is -2.76. The van der Waals surface area contributed by atoms with Crippen LogP contribution in [0.25, 0.3) is 16.9 Å². The highest BCUT2D eigenvalue weighted by atomic mass is 19.1. The van der Waals surface area contributed by atoms with Gasteiger partial charge in [-0.2, -0.15) is 0 Å². The van der Waals surface area contributed by atoms with Gasteiger partial charge in [-0.25, -0.2) is 9.37 Å². The van der Waals surface area contributed by atoms with Gasteiger partial charge in [0.1, 0.15) is 11.5 Å². The number of hydrogen-bond donors (Lipinski definition) is 0. The van der Waals surface area contributed by atoms with Gasteiger partial charge in [-0.05, 0) is 19.1 Å². The molecule has 0 atom stereocenters. The van der Waals surface area contributed by atoms with E-state index in [-0.39, 0.29) is 11.5 Å². The highest BCUT2D eigenvalue weighted by Gasteiger charge is 2.13. The van der Waals surface area contributed by atoms with Crippen LogP contribution in [0.2, 0.25) is 0 Å². The van der Waals surface area contributed by atoms with E-state index in [0.29, 0.717) is 16.9 Å². The summed E-state index contributed by atoms with van der Waals surface area (Å²) in [5.41, 5.74) is 2.59. The predicted molar refractivity (Wildman–Crippen MR) is 72.0 cm³/mol. The molecule has 0 radical (unpaired) electrons. The minimum Gasteiger partial charge on any atom is -0.301 e. The average Bonchev–Trinajstić information content (AvgIpc) is 2.76. The zero-order chi connectivity index (χ0) is 14.3. The van der Waals surface area contributed by atoms with E-state index in [2.05, 4.69) is 4.98 Å². The molecule has 100 valence electrons. The number of non-ortho nitro benzene ring substituents is 1. The van der Waals surface area contributed by atoms with Crippen molar-refractivity contribution in [2.75, 3.05) is 0 Å². The van der Waals surface area contributed by atoms with Gasteiger partial charge in [-0.15, -0.1) is 0 Å². The largest absolute Gasteiger partial charge is 0.301 e. The second-order valence-electron chi connectivity index (χ2n) is 4.43. The number of halogens is 1. The number of rotatable bonds is 2. The number of imidazole rings is 1. The van der Waals surface area contributed by atoms with Crippen LogP contribution in [0.15, 0.2) is 42.6 Å². The first-order chi connectivity index (χ1) is 9.56. The number of hydrogen-bond acceptors (Lipinski definition) is 3. The fourth-order valence-electron chi connectivity index (χ4n) is 2.18. The number of aromatic nitrogens is 2. The molecule has 0 aliphatic rings. The summed E-state index contributed by atoms with van der Waals surface area (Å²) in [7, 11) is 0. The Morgan fingerprint density at radius 1 is 1.30 bits per heavy atom. The maximum atomic E-state index is 13.3. The lowest BCUT2D eigenvalue weighted by Gasteiger charge is -1.99. The lowest BCUT2D eigenvalue weighted by Crippen LogP contribution is -1.90. The van der Waals surface area contributed by atoms with Crippen molar-refractivity contribution in [2.45, 2.75) is 6.92 Å². The van der Waals surface area contributed by atoms with Crippen molar-refractivity contribution in [3.63, 3.8) is 0 Å². The average molecular weight is 271 g/mol. The molecule has 0 N–H and O–H groups in total. The molecule has 1 aromatic carbocycles. The number of benzene rings is 1. The summed E-state index contributed by atoms with van der Waals surface area (Å²) in [4.78, 5) is 14.8. The van der Waals surface area contributed by atoms with Crippen molar-refractivity contribution in [3.05, 3.63) is 64.2 Å². The minimum atomic E-state index is -0.450. The molecule has 0 bridgehead atoms. The van der Waals surface area contributed by atoms with Gasteiger partial charge in [0.2, 0.25) is 0 Å². The van der Waals surface area contributed by atoms with E-state index in [1.807, 2.05) is 0 Å². The Balaban J connectivity index is 2.22. The molecule has 0 aliphatic heterocycles. The summed E-state index contributed by atoms with van der Waals surface area (Å²) in [6, 6.07) is 9.15. The Kier molecular flexibility index (Phi) is 2.71. The molecule has 0 saturated heterocycles. The van der Waals surface area contributed by atoms with Gasteiger partial charge < -0.3 is 4.40 Å². The summed E-state index contributed by atoms with van der Waals surface area (Å²) in [6.07, 6.45) is 1.35. The minimum absolute atomic E-state index is 0.00476. The first-order valence-corrected chi connectivity index (χ1v) is 5.95. The maximum absolute atomic E-state index is 13.3. The molecule has 3 aromatic rings. The van der Waals surface area contributed by atoms with Crippen LogP contribution < -0.4 is 0 Å². The van der Waals surface area contributed by atoms with Crippen LogP contribution >= 0.6 is 0 Å². The topological polar surface area (TPSA) is 60.4 Å². The molecule has 0 spiro atoms. The third kappa shape index (κ3) is 1.91. The fraction of sp³-hybridized carbons (Fsp3) is 0.0714. The molecular weight excluding hydrogens is 261 g/mol. The Morgan fingerprint density at radius 2 is 2.10 bits per heavy atom. The predicted octanol–water partition coefficient (Wildman–Crippen LogP) is 3.36. The van der Waals surface area contributed by atoms with E-state index in [9.17, 15) is 14.5 Å². The summed E-state index contributed by atoms with van der Waals surface area (Å²) in [5.74, 6) is -0.358. The lowest BCUT2D eigenvalue weighted by molar-refractivity contribution is -0.384. The number of nitrogens with zero attached hydrogens (tertiary/aromatic N) is 3. The third-order valence-electron chi connectivity index (χ3n) is 3.15. The van der Waals surface area contributed by atoms with Crippen LogP contribution in [0.1, 0.15) is 5.69 Å². The number of fused-ring (bicyclic) bond motifs is 1. The van der Waals surface area contributed by atoms with Gasteiger partial charge >= 0.3 is 0 Å². The Morgan fingerprint density at radius 3 is 2.85 bits per heavy atom. The first kappa shape index (κ1) is 12.3. The van der Waals surface area contributed by atoms with Crippen molar-refractivity contribution in [2.24, 2.45) is 0 Å². The van der Waals surface area contributed by atoms with E-state index in [4.69, 9.17) is 0 Å². The summed E-state index contributed by atoms with van der Waals surface area (Å²) in [5, 5.41) is 10.8. The van der Waals surface area contributed by atoms with Crippen molar-refractivity contribution < 1.29 is 9.31 Å². The van der Waals surface area contributed by atoms with Gasteiger partial charge in [0, 0.05) is 29.6 Å². The number of pyridine rings is 1. The Labute approximate surface area is 113 Å². The zero-order valence-corrected chi connectivity index (χ0v) is 10.6. The SMILES string of the molecule is Cc1c(-c2cccc([N+](=O)[O-])c2)nc2ccc(F)cn12. The number of aryl methyl sites for hydroxylation is 1. The van der Waals surface area contributed by atoms with Crippen molar-refractivity contribution in [3.8, 4) is 11.3 Å². The maximum Gasteiger partial charge on any atom is 0.270 e. The van der Waals surface area contributed by atoms with Gasteiger partial charge in [0.25, 0.3) is 5.69 Å². The summed E-state index contributed by atoms with van der Waals surface area (Å²) >= 11 is 0. The number of nitro groups is 1. The summed E-state index contributed by atoms with van der Waals surface area (Å²) in [6.45, 7) is 1.80. The van der Waals surface area contributed by atoms with Crippen LogP contribution in [0, 0.1) is 22.9 Å². The molecule has 3 rings (SSSR count). The highest BCUT2D eigenvalue weighted by molar-refractivity contribution is 5.68. The summed E-state index contributed by atoms with van der Waals surface area (Å²) < 4.78 is 14.9. The molecule has 0 aliphatic carbocycles. The molecule has 5 nitrogen and oxygen atoms in total. The molecule has 20 heavy (non-hydrogen) atoms. The highest BCUT2D eigenvalue weighted by Crippen LogP contribution is 2.26. The standard InChI is InChI=1S/C14H10FN3O2/c1-9-14(10-3-2-4-12(7-10)18(19)20)16-13-6-5-11(15)8-17(9)13/h2-8H,1H3. The third-order valence-corrected chi connectivity index (χ3v) is 3.15. The van der Waals surface area contributed by atoms with Gasteiger partial charge in [-0.1, -0.05) is 12.1 Å². The van der Waals surface area contributed by atoms with Gasteiger partial charge in [-0.3, -0.25) is 10.1 Å².